The van der Waals surface area contributed by atoms with E-state index >= 15 is 0 Å². The van der Waals surface area contributed by atoms with Crippen molar-refractivity contribution in [3.8, 4) is 11.5 Å². The molecule has 2 atom stereocenters. The lowest BCUT2D eigenvalue weighted by atomic mass is 9.94. The summed E-state index contributed by atoms with van der Waals surface area (Å²) < 4.78 is 11.1. The van der Waals surface area contributed by atoms with Gasteiger partial charge >= 0.3 is 0 Å². The molecule has 2 unspecified atom stereocenters. The Balaban J connectivity index is 2.40. The molecule has 1 N–H and O–H groups in total. The van der Waals surface area contributed by atoms with E-state index in [1.165, 1.54) is 0 Å². The molecule has 5 heteroatoms. The van der Waals surface area contributed by atoms with E-state index in [2.05, 4.69) is 29.2 Å². The Morgan fingerprint density at radius 2 is 1.76 bits per heavy atom. The lowest BCUT2D eigenvalue weighted by Gasteiger charge is -2.42. The van der Waals surface area contributed by atoms with Crippen molar-refractivity contribution in [2.24, 2.45) is 0 Å². The van der Waals surface area contributed by atoms with Crippen molar-refractivity contribution in [3.05, 3.63) is 23.8 Å². The third-order valence-corrected chi connectivity index (χ3v) is 4.37. The first-order chi connectivity index (χ1) is 10.1. The van der Waals surface area contributed by atoms with Crippen LogP contribution in [0.1, 0.15) is 11.6 Å². The number of methoxy groups -OCH3 is 2. The summed E-state index contributed by atoms with van der Waals surface area (Å²) in [4.78, 5) is 4.78. The van der Waals surface area contributed by atoms with Gasteiger partial charge in [0.2, 0.25) is 0 Å². The average molecular weight is 293 g/mol. The standard InChI is InChI=1S/C16H27N3O2/c1-17-16(12-11-18(2)9-10-19(12)3)15-13(20-4)7-6-8-14(15)21-5/h6-8,12,16-17H,9-11H2,1-5H3. The number of nitrogens with zero attached hydrogens (tertiary/aromatic N) is 2. The van der Waals surface area contributed by atoms with Gasteiger partial charge < -0.3 is 19.7 Å². The molecular formula is C16H27N3O2. The monoisotopic (exact) mass is 293 g/mol. The highest BCUT2D eigenvalue weighted by molar-refractivity contribution is 5.47. The fourth-order valence-corrected chi connectivity index (χ4v) is 3.12. The maximum atomic E-state index is 5.57. The summed E-state index contributed by atoms with van der Waals surface area (Å²) in [7, 11) is 9.78. The molecule has 1 aliphatic heterocycles. The van der Waals surface area contributed by atoms with Gasteiger partial charge in [0.1, 0.15) is 11.5 Å². The van der Waals surface area contributed by atoms with Gasteiger partial charge in [-0.05, 0) is 33.3 Å². The van der Waals surface area contributed by atoms with Crippen molar-refractivity contribution in [3.63, 3.8) is 0 Å². The first-order valence-corrected chi connectivity index (χ1v) is 7.39. The molecule has 5 nitrogen and oxygen atoms in total. The fourth-order valence-electron chi connectivity index (χ4n) is 3.12. The van der Waals surface area contributed by atoms with Crippen LogP contribution in [0.25, 0.3) is 0 Å². The minimum atomic E-state index is 0.156. The number of ether oxygens (including phenoxy) is 2. The zero-order valence-corrected chi connectivity index (χ0v) is 13.7. The van der Waals surface area contributed by atoms with E-state index in [9.17, 15) is 0 Å². The summed E-state index contributed by atoms with van der Waals surface area (Å²) in [5.74, 6) is 1.74. The van der Waals surface area contributed by atoms with Gasteiger partial charge in [-0.1, -0.05) is 6.07 Å². The summed E-state index contributed by atoms with van der Waals surface area (Å²) in [6, 6.07) is 6.48. The molecule has 0 saturated carbocycles. The van der Waals surface area contributed by atoms with Gasteiger partial charge in [0.15, 0.2) is 0 Å². The highest BCUT2D eigenvalue weighted by atomic mass is 16.5. The number of hydrogen-bond acceptors (Lipinski definition) is 5. The molecule has 1 heterocycles. The molecule has 0 radical (unpaired) electrons. The number of nitrogens with one attached hydrogen (secondary N) is 1. The third-order valence-electron chi connectivity index (χ3n) is 4.37. The smallest absolute Gasteiger partial charge is 0.127 e. The fraction of sp³-hybridized carbons (Fsp3) is 0.625. The molecule has 0 aliphatic carbocycles. The van der Waals surface area contributed by atoms with Crippen LogP contribution in [0.2, 0.25) is 0 Å². The predicted molar refractivity (Wildman–Crippen MR) is 85.3 cm³/mol. The Morgan fingerprint density at radius 1 is 1.14 bits per heavy atom. The van der Waals surface area contributed by atoms with E-state index in [0.29, 0.717) is 6.04 Å². The van der Waals surface area contributed by atoms with E-state index in [0.717, 1.165) is 36.7 Å². The summed E-state index contributed by atoms with van der Waals surface area (Å²) in [5, 5.41) is 3.46. The first kappa shape index (κ1) is 16.1. The molecule has 0 aromatic heterocycles. The van der Waals surface area contributed by atoms with Crippen LogP contribution in [-0.2, 0) is 0 Å². The molecule has 1 aliphatic rings. The van der Waals surface area contributed by atoms with Gasteiger partial charge in [-0.2, -0.15) is 0 Å². The maximum Gasteiger partial charge on any atom is 0.127 e. The van der Waals surface area contributed by atoms with Crippen molar-refractivity contribution in [1.82, 2.24) is 15.1 Å². The molecule has 0 amide bonds. The van der Waals surface area contributed by atoms with Crippen LogP contribution in [0.15, 0.2) is 18.2 Å². The Hall–Kier alpha value is -1.30. The number of benzene rings is 1. The van der Waals surface area contributed by atoms with Crippen LogP contribution < -0.4 is 14.8 Å². The second kappa shape index (κ2) is 7.11. The summed E-state index contributed by atoms with van der Waals surface area (Å²) in [6.45, 7) is 3.19. The normalized spacial score (nSPS) is 22.0. The van der Waals surface area contributed by atoms with Crippen LogP contribution in [-0.4, -0.2) is 70.8 Å². The Morgan fingerprint density at radius 3 is 2.29 bits per heavy atom. The number of rotatable bonds is 5. The molecule has 118 valence electrons. The Bertz CT molecular complexity index is 445. The predicted octanol–water partition coefficient (Wildman–Crippen LogP) is 1.21. The Kier molecular flexibility index (Phi) is 5.45. The number of hydrogen-bond donors (Lipinski definition) is 1. The van der Waals surface area contributed by atoms with E-state index in [1.54, 1.807) is 14.2 Å². The molecule has 1 fully saturated rings. The Labute approximate surface area is 127 Å². The summed E-state index contributed by atoms with van der Waals surface area (Å²) in [6.07, 6.45) is 0. The van der Waals surface area contributed by atoms with Gasteiger partial charge in [0.25, 0.3) is 0 Å². The highest BCUT2D eigenvalue weighted by Gasteiger charge is 2.33. The number of piperazine rings is 1. The molecule has 21 heavy (non-hydrogen) atoms. The lowest BCUT2D eigenvalue weighted by molar-refractivity contribution is 0.0882. The average Bonchev–Trinajstić information content (AvgIpc) is 2.51. The minimum Gasteiger partial charge on any atom is -0.496 e. The lowest BCUT2D eigenvalue weighted by Crippen LogP contribution is -2.54. The summed E-state index contributed by atoms with van der Waals surface area (Å²) in [5.41, 5.74) is 1.09. The largest absolute Gasteiger partial charge is 0.496 e. The molecule has 1 saturated heterocycles. The van der Waals surface area contributed by atoms with Gasteiger partial charge in [-0.15, -0.1) is 0 Å². The molecular weight excluding hydrogens is 266 g/mol. The van der Waals surface area contributed by atoms with Crippen LogP contribution >= 0.6 is 0 Å². The van der Waals surface area contributed by atoms with Gasteiger partial charge in [0, 0.05) is 25.7 Å². The molecule has 0 bridgehead atoms. The zero-order chi connectivity index (χ0) is 15.4. The van der Waals surface area contributed by atoms with Crippen LogP contribution in [0.4, 0.5) is 0 Å². The van der Waals surface area contributed by atoms with Crippen LogP contribution in [0.3, 0.4) is 0 Å². The van der Waals surface area contributed by atoms with Gasteiger partial charge in [0.05, 0.1) is 25.8 Å². The third kappa shape index (κ3) is 3.31. The zero-order valence-electron chi connectivity index (χ0n) is 13.7. The second-order valence-electron chi connectivity index (χ2n) is 5.65. The van der Waals surface area contributed by atoms with E-state index in [1.807, 2.05) is 25.2 Å². The quantitative estimate of drug-likeness (QED) is 0.883. The maximum absolute atomic E-state index is 5.57. The molecule has 1 aromatic rings. The van der Waals surface area contributed by atoms with Crippen molar-refractivity contribution in [1.29, 1.82) is 0 Å². The van der Waals surface area contributed by atoms with E-state index in [4.69, 9.17) is 9.47 Å². The topological polar surface area (TPSA) is 37.0 Å². The van der Waals surface area contributed by atoms with Crippen molar-refractivity contribution in [2.75, 3.05) is 55.0 Å². The van der Waals surface area contributed by atoms with Crippen LogP contribution in [0, 0.1) is 0 Å². The van der Waals surface area contributed by atoms with Crippen LogP contribution in [0.5, 0.6) is 11.5 Å². The van der Waals surface area contributed by atoms with Crippen molar-refractivity contribution in [2.45, 2.75) is 12.1 Å². The molecule has 1 aromatic carbocycles. The second-order valence-corrected chi connectivity index (χ2v) is 5.65. The molecule has 0 spiro atoms. The van der Waals surface area contributed by atoms with Gasteiger partial charge in [-0.25, -0.2) is 0 Å². The van der Waals surface area contributed by atoms with Crippen molar-refractivity contribution < 1.29 is 9.47 Å². The summed E-state index contributed by atoms with van der Waals surface area (Å²) >= 11 is 0. The minimum absolute atomic E-state index is 0.156. The molecule has 2 rings (SSSR count). The highest BCUT2D eigenvalue weighted by Crippen LogP contribution is 2.37. The van der Waals surface area contributed by atoms with E-state index < -0.39 is 0 Å². The SMILES string of the molecule is CNC(c1c(OC)cccc1OC)C1CN(C)CCN1C. The van der Waals surface area contributed by atoms with Crippen molar-refractivity contribution >= 4 is 0 Å². The number of likely N-dealkylation sites (N-methyl/N-ethyl adjacent to an activating group) is 3. The van der Waals surface area contributed by atoms with Gasteiger partial charge in [-0.3, -0.25) is 4.90 Å². The first-order valence-electron chi connectivity index (χ1n) is 7.39. The van der Waals surface area contributed by atoms with E-state index in [-0.39, 0.29) is 6.04 Å².